The molecule has 4 rings (SSSR count). The zero-order valence-corrected chi connectivity index (χ0v) is 16.8. The van der Waals surface area contributed by atoms with E-state index in [4.69, 9.17) is 16.3 Å². The second-order valence-corrected chi connectivity index (χ2v) is 8.64. The highest BCUT2D eigenvalue weighted by Crippen LogP contribution is 2.57. The van der Waals surface area contributed by atoms with Gasteiger partial charge in [-0.2, -0.15) is 0 Å². The van der Waals surface area contributed by atoms with E-state index >= 15 is 0 Å². The Hall–Kier alpha value is -2.00. The van der Waals surface area contributed by atoms with Gasteiger partial charge in [-0.3, -0.25) is 4.79 Å². The fourth-order valence-electron chi connectivity index (χ4n) is 5.16. The van der Waals surface area contributed by atoms with Crippen LogP contribution >= 0.6 is 11.6 Å². The Morgan fingerprint density at radius 2 is 1.93 bits per heavy atom. The van der Waals surface area contributed by atoms with Crippen LogP contribution in [0.3, 0.4) is 0 Å². The molecular weight excluding hydrogens is 358 g/mol. The minimum atomic E-state index is -0.307. The molecule has 3 nitrogen and oxygen atoms in total. The molecule has 1 amide bonds. The predicted molar refractivity (Wildman–Crippen MR) is 109 cm³/mol. The number of halogens is 1. The molecule has 1 heterocycles. The molecule has 1 N–H and O–H groups in total. The maximum Gasteiger partial charge on any atom is 0.226 e. The monoisotopic (exact) mass is 383 g/mol. The highest BCUT2D eigenvalue weighted by atomic mass is 35.5. The van der Waals surface area contributed by atoms with E-state index in [0.717, 1.165) is 30.2 Å². The molecule has 27 heavy (non-hydrogen) atoms. The van der Waals surface area contributed by atoms with Crippen molar-refractivity contribution in [2.45, 2.75) is 38.5 Å². The number of amides is 1. The second kappa shape index (κ2) is 6.87. The molecule has 142 valence electrons. The average molecular weight is 384 g/mol. The van der Waals surface area contributed by atoms with Crippen LogP contribution in [0.1, 0.15) is 48.3 Å². The van der Waals surface area contributed by atoms with Crippen LogP contribution in [0.4, 0.5) is 0 Å². The Morgan fingerprint density at radius 1 is 1.19 bits per heavy atom. The quantitative estimate of drug-likeness (QED) is 0.803. The van der Waals surface area contributed by atoms with Crippen molar-refractivity contribution in [2.75, 3.05) is 13.7 Å². The molecule has 0 unspecified atom stereocenters. The topological polar surface area (TPSA) is 38.3 Å². The lowest BCUT2D eigenvalue weighted by Gasteiger charge is -2.45. The highest BCUT2D eigenvalue weighted by molar-refractivity contribution is 6.30. The molecule has 2 aliphatic rings. The molecule has 1 saturated carbocycles. The normalized spacial score (nSPS) is 29.9. The number of nitrogens with one attached hydrogen (secondary N) is 1. The molecular formula is C23H26ClNO2. The molecule has 4 atom stereocenters. The molecule has 2 aromatic rings. The largest absolute Gasteiger partial charge is 0.496 e. The summed E-state index contributed by atoms with van der Waals surface area (Å²) in [6, 6.07) is 14.6. The highest BCUT2D eigenvalue weighted by Gasteiger charge is 2.55. The Kier molecular flexibility index (Phi) is 4.67. The lowest BCUT2D eigenvalue weighted by molar-refractivity contribution is -0.129. The first-order valence-corrected chi connectivity index (χ1v) is 10.00. The van der Waals surface area contributed by atoms with Crippen LogP contribution in [0.25, 0.3) is 0 Å². The van der Waals surface area contributed by atoms with E-state index in [9.17, 15) is 4.79 Å². The zero-order valence-electron chi connectivity index (χ0n) is 16.1. The van der Waals surface area contributed by atoms with Gasteiger partial charge in [-0.15, -0.1) is 0 Å². The Labute approximate surface area is 166 Å². The van der Waals surface area contributed by atoms with Crippen molar-refractivity contribution in [2.24, 2.45) is 11.3 Å². The molecule has 0 bridgehead atoms. The second-order valence-electron chi connectivity index (χ2n) is 8.20. The molecule has 0 spiro atoms. The first kappa shape index (κ1) is 18.4. The molecule has 4 heteroatoms. The molecule has 0 radical (unpaired) electrons. The summed E-state index contributed by atoms with van der Waals surface area (Å²) in [6.45, 7) is 4.94. The summed E-state index contributed by atoms with van der Waals surface area (Å²) in [5, 5.41) is 3.86. The fraction of sp³-hybridized carbons (Fsp3) is 0.435. The number of hydrogen-bond donors (Lipinski definition) is 1. The van der Waals surface area contributed by atoms with Gasteiger partial charge >= 0.3 is 0 Å². The smallest absolute Gasteiger partial charge is 0.226 e. The predicted octanol–water partition coefficient (Wildman–Crippen LogP) is 5.07. The summed E-state index contributed by atoms with van der Waals surface area (Å²) in [6.07, 6.45) is 1.86. The van der Waals surface area contributed by atoms with Crippen LogP contribution in [-0.4, -0.2) is 19.6 Å². The average Bonchev–Trinajstić information content (AvgIpc) is 2.97. The van der Waals surface area contributed by atoms with E-state index < -0.39 is 0 Å². The molecule has 2 aromatic carbocycles. The maximum atomic E-state index is 12.6. The van der Waals surface area contributed by atoms with E-state index in [0.29, 0.717) is 5.92 Å². The van der Waals surface area contributed by atoms with Gasteiger partial charge in [0.25, 0.3) is 0 Å². The van der Waals surface area contributed by atoms with Crippen LogP contribution in [0.15, 0.2) is 42.5 Å². The van der Waals surface area contributed by atoms with Crippen molar-refractivity contribution in [3.05, 3.63) is 64.2 Å². The molecule has 0 aromatic heterocycles. The summed E-state index contributed by atoms with van der Waals surface area (Å²) in [5.41, 5.74) is 3.37. The lowest BCUT2D eigenvalue weighted by atomic mass is 9.57. The third-order valence-corrected chi connectivity index (χ3v) is 6.96. The van der Waals surface area contributed by atoms with Crippen LogP contribution in [0.2, 0.25) is 5.02 Å². The van der Waals surface area contributed by atoms with Gasteiger partial charge in [-0.25, -0.2) is 0 Å². The van der Waals surface area contributed by atoms with Gasteiger partial charge < -0.3 is 10.1 Å². The van der Waals surface area contributed by atoms with Crippen molar-refractivity contribution in [3.63, 3.8) is 0 Å². The Morgan fingerprint density at radius 3 is 2.63 bits per heavy atom. The van der Waals surface area contributed by atoms with Crippen LogP contribution in [-0.2, 0) is 4.79 Å². The van der Waals surface area contributed by atoms with Gasteiger partial charge in [-0.05, 0) is 72.4 Å². The minimum Gasteiger partial charge on any atom is -0.496 e. The van der Waals surface area contributed by atoms with Crippen LogP contribution in [0, 0.1) is 18.3 Å². The summed E-state index contributed by atoms with van der Waals surface area (Å²) in [4.78, 5) is 12.6. The fourth-order valence-corrected chi connectivity index (χ4v) is 5.28. The summed E-state index contributed by atoms with van der Waals surface area (Å²) in [5.74, 6) is 1.96. The van der Waals surface area contributed by atoms with Crippen molar-refractivity contribution < 1.29 is 9.53 Å². The minimum absolute atomic E-state index is 0.195. The number of fused-ring (bicyclic) bond motifs is 1. The molecule has 1 aliphatic heterocycles. The van der Waals surface area contributed by atoms with E-state index in [-0.39, 0.29) is 23.2 Å². The SMILES string of the molecule is COc1cc(C)ccc1[C@@H]1CC[C@@]2(C)C(=O)NC[C@H]2[C@H]1c1ccc(Cl)cc1. The third-order valence-electron chi connectivity index (χ3n) is 6.70. The number of aryl methyl sites for hydroxylation is 1. The van der Waals surface area contributed by atoms with Gasteiger partial charge in [0.2, 0.25) is 5.91 Å². The summed E-state index contributed by atoms with van der Waals surface area (Å²) < 4.78 is 5.74. The standard InChI is InChI=1S/C23H26ClNO2/c1-14-4-9-17(20(12-14)27-3)18-10-11-23(2)19(13-25-22(23)26)21(18)15-5-7-16(24)8-6-15/h4-9,12,18-19,21H,10-11,13H2,1-3H3,(H,25,26)/t18-,19-,21-,23+/m0/s1. The number of hydrogen-bond acceptors (Lipinski definition) is 2. The van der Waals surface area contributed by atoms with E-state index in [1.807, 2.05) is 12.1 Å². The van der Waals surface area contributed by atoms with Crippen molar-refractivity contribution in [3.8, 4) is 5.75 Å². The number of methoxy groups -OCH3 is 1. The van der Waals surface area contributed by atoms with Crippen molar-refractivity contribution in [1.29, 1.82) is 0 Å². The van der Waals surface area contributed by atoms with Crippen LogP contribution in [0.5, 0.6) is 5.75 Å². The van der Waals surface area contributed by atoms with E-state index in [2.05, 4.69) is 49.5 Å². The summed E-state index contributed by atoms with van der Waals surface area (Å²) >= 11 is 6.14. The first-order valence-electron chi connectivity index (χ1n) is 9.62. The van der Waals surface area contributed by atoms with E-state index in [1.165, 1.54) is 16.7 Å². The van der Waals surface area contributed by atoms with Gasteiger partial charge in [0.05, 0.1) is 12.5 Å². The molecule has 2 fully saturated rings. The lowest BCUT2D eigenvalue weighted by Crippen LogP contribution is -2.41. The van der Waals surface area contributed by atoms with Crippen LogP contribution < -0.4 is 10.1 Å². The van der Waals surface area contributed by atoms with Crippen molar-refractivity contribution >= 4 is 17.5 Å². The molecule has 1 saturated heterocycles. The van der Waals surface area contributed by atoms with Gasteiger partial charge in [-0.1, -0.05) is 42.8 Å². The van der Waals surface area contributed by atoms with E-state index in [1.54, 1.807) is 7.11 Å². The number of carbonyl (C=O) groups excluding carboxylic acids is 1. The summed E-state index contributed by atoms with van der Waals surface area (Å²) in [7, 11) is 1.74. The number of benzene rings is 2. The van der Waals surface area contributed by atoms with Gasteiger partial charge in [0, 0.05) is 11.6 Å². The Balaban J connectivity index is 1.83. The number of ether oxygens (including phenoxy) is 1. The number of carbonyl (C=O) groups is 1. The molecule has 1 aliphatic carbocycles. The first-order chi connectivity index (χ1) is 12.9. The van der Waals surface area contributed by atoms with Gasteiger partial charge in [0.1, 0.15) is 5.75 Å². The maximum absolute atomic E-state index is 12.6. The van der Waals surface area contributed by atoms with Gasteiger partial charge in [0.15, 0.2) is 0 Å². The Bertz CT molecular complexity index is 863. The third kappa shape index (κ3) is 3.02. The number of rotatable bonds is 3. The zero-order chi connectivity index (χ0) is 19.2. The van der Waals surface area contributed by atoms with Crippen molar-refractivity contribution in [1.82, 2.24) is 5.32 Å².